The van der Waals surface area contributed by atoms with E-state index in [1.807, 2.05) is 72.8 Å². The number of aryl methyl sites for hydroxylation is 2. The molecule has 0 unspecified atom stereocenters. The fourth-order valence-electron chi connectivity index (χ4n) is 6.03. The van der Waals surface area contributed by atoms with Crippen molar-refractivity contribution < 1.29 is 23.8 Å². The highest BCUT2D eigenvalue weighted by molar-refractivity contribution is 5.94. The van der Waals surface area contributed by atoms with Crippen LogP contribution in [0, 0.1) is 13.8 Å². The zero-order valence-electron chi connectivity index (χ0n) is 28.1. The number of rotatable bonds is 8. The minimum Gasteiger partial charge on any atom is -0.490 e. The average molecular weight is 651 g/mol. The molecule has 48 heavy (non-hydrogen) atoms. The van der Waals surface area contributed by atoms with E-state index in [-0.39, 0.29) is 24.1 Å². The largest absolute Gasteiger partial charge is 0.490 e. The number of hydrogen-bond donors (Lipinski definition) is 2. The van der Waals surface area contributed by atoms with E-state index in [4.69, 9.17) is 20.1 Å². The van der Waals surface area contributed by atoms with Crippen LogP contribution in [0.1, 0.15) is 57.5 Å². The molecule has 2 heterocycles. The molecule has 9 heteroatoms. The first-order valence-electron chi connectivity index (χ1n) is 16.6. The zero-order valence-corrected chi connectivity index (χ0v) is 28.1. The summed E-state index contributed by atoms with van der Waals surface area (Å²) in [5, 5.41) is 0. The van der Waals surface area contributed by atoms with Gasteiger partial charge in [0.05, 0.1) is 12.7 Å². The van der Waals surface area contributed by atoms with Crippen LogP contribution in [-0.2, 0) is 4.74 Å². The van der Waals surface area contributed by atoms with E-state index in [1.165, 1.54) is 18.2 Å². The predicted molar refractivity (Wildman–Crippen MR) is 190 cm³/mol. The molecule has 2 fully saturated rings. The van der Waals surface area contributed by atoms with E-state index >= 15 is 0 Å². The summed E-state index contributed by atoms with van der Waals surface area (Å²) in [6, 6.07) is 31.4. The van der Waals surface area contributed by atoms with Crippen molar-refractivity contribution in [3.63, 3.8) is 0 Å². The van der Waals surface area contributed by atoms with E-state index < -0.39 is 0 Å². The highest BCUT2D eigenvalue weighted by Crippen LogP contribution is 2.27. The molecule has 9 nitrogen and oxygen atoms in total. The van der Waals surface area contributed by atoms with Crippen LogP contribution in [0.3, 0.4) is 0 Å². The topological polar surface area (TPSA) is 106 Å². The number of hydrogen-bond acceptors (Lipinski definition) is 8. The first-order valence-corrected chi connectivity index (χ1v) is 16.6. The van der Waals surface area contributed by atoms with Crippen LogP contribution in [0.2, 0.25) is 0 Å². The summed E-state index contributed by atoms with van der Waals surface area (Å²) in [6.07, 6.45) is 4.47. The van der Waals surface area contributed by atoms with Crippen molar-refractivity contribution in [2.45, 2.75) is 51.7 Å². The molecule has 4 aromatic rings. The van der Waals surface area contributed by atoms with Crippen LogP contribution >= 0.6 is 0 Å². The number of nitrogens with two attached hydrogens (primary N) is 1. The number of ether oxygens (including phenoxy) is 3. The smallest absolute Gasteiger partial charge is 0.337 e. The third-order valence-corrected chi connectivity index (χ3v) is 8.94. The summed E-state index contributed by atoms with van der Waals surface area (Å²) in [6.45, 7) is 7.94. The normalized spacial score (nSPS) is 15.2. The Bertz CT molecular complexity index is 1500. The Morgan fingerprint density at radius 3 is 1.40 bits per heavy atom. The highest BCUT2D eigenvalue weighted by atomic mass is 16.5. The number of esters is 1. The van der Waals surface area contributed by atoms with Crippen molar-refractivity contribution in [2.24, 2.45) is 5.84 Å². The number of carbonyl (C=O) groups is 2. The van der Waals surface area contributed by atoms with Crippen LogP contribution in [0.15, 0.2) is 97.1 Å². The molecule has 1 amide bonds. The molecule has 252 valence electrons. The molecule has 0 radical (unpaired) electrons. The van der Waals surface area contributed by atoms with Gasteiger partial charge in [-0.3, -0.25) is 10.2 Å². The van der Waals surface area contributed by atoms with E-state index in [0.717, 1.165) is 74.7 Å². The van der Waals surface area contributed by atoms with Gasteiger partial charge in [0.15, 0.2) is 0 Å². The number of anilines is 2. The lowest BCUT2D eigenvalue weighted by Gasteiger charge is -2.34. The standard InChI is InChI=1S/C20H23NO3.C19H23N3O2/c1-15-5-3-4-6-19(15)24-18-11-13-21(14-12-18)17-9-7-16(8-10-17)20(22)23-2;1-14-4-2-3-5-18(14)24-17-10-12-22(13-11-17)16-8-6-15(7-9-16)19(23)21-20/h3-10,18H,11-14H2,1-2H3;2-9,17H,10-13,20H2,1H3,(H,21,23). The van der Waals surface area contributed by atoms with Gasteiger partial charge in [0.1, 0.15) is 23.7 Å². The molecule has 0 spiro atoms. The van der Waals surface area contributed by atoms with Crippen molar-refractivity contribution in [1.82, 2.24) is 5.43 Å². The fraction of sp³-hybridized carbons (Fsp3) is 0.333. The molecule has 0 aromatic heterocycles. The lowest BCUT2D eigenvalue weighted by Crippen LogP contribution is -2.38. The molecule has 0 aliphatic carbocycles. The average Bonchev–Trinajstić information content (AvgIpc) is 3.14. The number of para-hydroxylation sites is 2. The summed E-state index contributed by atoms with van der Waals surface area (Å²) >= 11 is 0. The quantitative estimate of drug-likeness (QED) is 0.0967. The highest BCUT2D eigenvalue weighted by Gasteiger charge is 2.23. The van der Waals surface area contributed by atoms with Crippen LogP contribution < -0.4 is 30.5 Å². The van der Waals surface area contributed by atoms with Gasteiger partial charge in [-0.2, -0.15) is 0 Å². The number of amides is 1. The van der Waals surface area contributed by atoms with Gasteiger partial charge >= 0.3 is 5.97 Å². The van der Waals surface area contributed by atoms with Crippen LogP contribution in [0.5, 0.6) is 11.5 Å². The zero-order chi connectivity index (χ0) is 33.9. The molecule has 4 aromatic carbocycles. The van der Waals surface area contributed by atoms with Gasteiger partial charge in [-0.1, -0.05) is 36.4 Å². The van der Waals surface area contributed by atoms with E-state index in [1.54, 1.807) is 12.1 Å². The van der Waals surface area contributed by atoms with Crippen molar-refractivity contribution >= 4 is 23.3 Å². The molecule has 0 atom stereocenters. The van der Waals surface area contributed by atoms with Crippen LogP contribution in [-0.4, -0.2) is 57.4 Å². The summed E-state index contributed by atoms with van der Waals surface area (Å²) in [4.78, 5) is 27.6. The third-order valence-electron chi connectivity index (χ3n) is 8.94. The van der Waals surface area contributed by atoms with E-state index in [2.05, 4.69) is 41.2 Å². The number of nitrogen functional groups attached to an aromatic ring is 1. The first kappa shape index (κ1) is 34.3. The summed E-state index contributed by atoms with van der Waals surface area (Å²) < 4.78 is 17.0. The Morgan fingerprint density at radius 2 is 1.02 bits per heavy atom. The molecule has 0 saturated carbocycles. The Morgan fingerprint density at radius 1 is 0.625 bits per heavy atom. The lowest BCUT2D eigenvalue weighted by atomic mass is 10.1. The van der Waals surface area contributed by atoms with Crippen LogP contribution in [0.25, 0.3) is 0 Å². The maximum atomic E-state index is 11.5. The molecule has 0 bridgehead atoms. The fourth-order valence-corrected chi connectivity index (χ4v) is 6.03. The van der Waals surface area contributed by atoms with Gasteiger partial charge < -0.3 is 24.0 Å². The number of benzene rings is 4. The number of methoxy groups -OCH3 is 1. The van der Waals surface area contributed by atoms with Gasteiger partial charge in [0.25, 0.3) is 5.91 Å². The van der Waals surface area contributed by atoms with Gasteiger partial charge in [0.2, 0.25) is 0 Å². The van der Waals surface area contributed by atoms with Crippen LogP contribution in [0.4, 0.5) is 11.4 Å². The molecule has 6 rings (SSSR count). The minimum atomic E-state index is -0.299. The molecular weight excluding hydrogens is 604 g/mol. The Balaban J connectivity index is 0.000000188. The monoisotopic (exact) mass is 650 g/mol. The van der Waals surface area contributed by atoms with Crippen molar-refractivity contribution in [1.29, 1.82) is 0 Å². The van der Waals surface area contributed by atoms with E-state index in [0.29, 0.717) is 11.1 Å². The predicted octanol–water partition coefficient (Wildman–Crippen LogP) is 6.48. The molecule has 2 saturated heterocycles. The van der Waals surface area contributed by atoms with Gasteiger partial charge in [-0.15, -0.1) is 0 Å². The molecule has 2 aliphatic rings. The first-order chi connectivity index (χ1) is 23.3. The maximum absolute atomic E-state index is 11.5. The second-order valence-corrected chi connectivity index (χ2v) is 12.2. The second kappa shape index (κ2) is 16.7. The molecular formula is C39H46N4O5. The van der Waals surface area contributed by atoms with Gasteiger partial charge in [-0.25, -0.2) is 10.6 Å². The minimum absolute atomic E-state index is 0.254. The number of piperidine rings is 2. The molecule has 3 N–H and O–H groups in total. The molecule has 2 aliphatic heterocycles. The lowest BCUT2D eigenvalue weighted by molar-refractivity contribution is 0.0600. The number of hydrazine groups is 1. The maximum Gasteiger partial charge on any atom is 0.337 e. The third kappa shape index (κ3) is 9.07. The number of carbonyl (C=O) groups excluding carboxylic acids is 2. The summed E-state index contributed by atoms with van der Waals surface area (Å²) in [7, 11) is 1.40. The Hall–Kier alpha value is -5.02. The second-order valence-electron chi connectivity index (χ2n) is 12.2. The SMILES string of the molecule is COC(=O)c1ccc(N2CCC(Oc3ccccc3C)CC2)cc1.Cc1ccccc1OC1CCN(c2ccc(C(=O)NN)cc2)CC1. The summed E-state index contributed by atoms with van der Waals surface area (Å²) in [5.41, 5.74) is 7.91. The number of nitrogens with one attached hydrogen (secondary N) is 1. The summed E-state index contributed by atoms with van der Waals surface area (Å²) in [5.74, 6) is 6.54. The Labute approximate surface area is 283 Å². The number of nitrogens with zero attached hydrogens (tertiary/aromatic N) is 2. The van der Waals surface area contributed by atoms with Crippen molar-refractivity contribution in [2.75, 3.05) is 43.1 Å². The van der Waals surface area contributed by atoms with Gasteiger partial charge in [-0.05, 0) is 85.6 Å². The Kier molecular flexibility index (Phi) is 11.9. The van der Waals surface area contributed by atoms with Gasteiger partial charge in [0, 0.05) is 68.8 Å². The van der Waals surface area contributed by atoms with Crippen molar-refractivity contribution in [3.8, 4) is 11.5 Å². The van der Waals surface area contributed by atoms with Crippen molar-refractivity contribution in [3.05, 3.63) is 119 Å². The van der Waals surface area contributed by atoms with E-state index in [9.17, 15) is 9.59 Å².